The molecule has 1 N–H and O–H groups in total. The minimum atomic E-state index is 0.217. The molecule has 1 aromatic carbocycles. The summed E-state index contributed by atoms with van der Waals surface area (Å²) in [6.45, 7) is 9.76. The highest BCUT2D eigenvalue weighted by Crippen LogP contribution is 2.51. The number of benzene rings is 1. The summed E-state index contributed by atoms with van der Waals surface area (Å²) in [7, 11) is 0. The Balaban J connectivity index is 2.38. The van der Waals surface area contributed by atoms with Crippen LogP contribution in [0.5, 0.6) is 5.75 Å². The van der Waals surface area contributed by atoms with Crippen molar-refractivity contribution in [3.63, 3.8) is 0 Å². The van der Waals surface area contributed by atoms with E-state index in [1.807, 2.05) is 0 Å². The van der Waals surface area contributed by atoms with Gasteiger partial charge in [0, 0.05) is 11.6 Å². The third kappa shape index (κ3) is 3.60. The van der Waals surface area contributed by atoms with Gasteiger partial charge in [-0.2, -0.15) is 0 Å². The van der Waals surface area contributed by atoms with Crippen LogP contribution in [0.1, 0.15) is 71.4 Å². The van der Waals surface area contributed by atoms with Crippen LogP contribution in [0.15, 0.2) is 24.3 Å². The van der Waals surface area contributed by atoms with Crippen molar-refractivity contribution in [1.82, 2.24) is 5.32 Å². The summed E-state index contributed by atoms with van der Waals surface area (Å²) < 4.78 is 6.08. The SMILES string of the molecule is CCNC(c1ccccc1OC(C)C)C1(CC)CCCC1. The molecule has 0 bridgehead atoms. The summed E-state index contributed by atoms with van der Waals surface area (Å²) >= 11 is 0. The van der Waals surface area contributed by atoms with E-state index in [4.69, 9.17) is 4.74 Å². The van der Waals surface area contributed by atoms with E-state index >= 15 is 0 Å². The Morgan fingerprint density at radius 2 is 1.81 bits per heavy atom. The first kappa shape index (κ1) is 16.4. The molecule has 0 heterocycles. The van der Waals surface area contributed by atoms with Crippen LogP contribution in [-0.4, -0.2) is 12.6 Å². The van der Waals surface area contributed by atoms with Gasteiger partial charge in [0.2, 0.25) is 0 Å². The zero-order valence-electron chi connectivity index (χ0n) is 14.1. The average Bonchev–Trinajstić information content (AvgIpc) is 2.95. The molecular formula is C19H31NO. The molecule has 2 rings (SSSR count). The fraction of sp³-hybridized carbons (Fsp3) is 0.684. The van der Waals surface area contributed by atoms with Gasteiger partial charge in [-0.3, -0.25) is 0 Å². The molecule has 21 heavy (non-hydrogen) atoms. The standard InChI is InChI=1S/C19H31NO/c1-5-19(13-9-10-14-19)18(20-6-2)16-11-7-8-12-17(16)21-15(3)4/h7-8,11-12,15,18,20H,5-6,9-10,13-14H2,1-4H3. The second-order valence-corrected chi connectivity index (χ2v) is 6.62. The second kappa shape index (κ2) is 7.31. The largest absolute Gasteiger partial charge is 0.491 e. The Hall–Kier alpha value is -1.02. The van der Waals surface area contributed by atoms with Crippen LogP contribution in [0.2, 0.25) is 0 Å². The van der Waals surface area contributed by atoms with E-state index in [-0.39, 0.29) is 6.10 Å². The molecule has 0 spiro atoms. The summed E-state index contributed by atoms with van der Waals surface area (Å²) in [5.74, 6) is 1.05. The van der Waals surface area contributed by atoms with Crippen molar-refractivity contribution in [1.29, 1.82) is 0 Å². The van der Waals surface area contributed by atoms with Crippen molar-refractivity contribution in [2.24, 2.45) is 5.41 Å². The van der Waals surface area contributed by atoms with E-state index < -0.39 is 0 Å². The topological polar surface area (TPSA) is 21.3 Å². The van der Waals surface area contributed by atoms with Crippen molar-refractivity contribution in [2.45, 2.75) is 71.9 Å². The molecule has 0 radical (unpaired) electrons. The Kier molecular flexibility index (Phi) is 5.69. The smallest absolute Gasteiger partial charge is 0.124 e. The van der Waals surface area contributed by atoms with E-state index in [2.05, 4.69) is 57.3 Å². The first-order chi connectivity index (χ1) is 10.1. The summed E-state index contributed by atoms with van der Waals surface area (Å²) in [4.78, 5) is 0. The molecule has 0 aliphatic heterocycles. The van der Waals surface area contributed by atoms with Gasteiger partial charge in [-0.15, -0.1) is 0 Å². The molecule has 0 amide bonds. The van der Waals surface area contributed by atoms with Crippen LogP contribution < -0.4 is 10.1 Å². The molecule has 1 aromatic rings. The van der Waals surface area contributed by atoms with Crippen molar-refractivity contribution < 1.29 is 4.74 Å². The lowest BCUT2D eigenvalue weighted by molar-refractivity contribution is 0.177. The molecule has 1 fully saturated rings. The van der Waals surface area contributed by atoms with Crippen LogP contribution in [0.4, 0.5) is 0 Å². The van der Waals surface area contributed by atoms with Crippen molar-refractivity contribution in [3.8, 4) is 5.75 Å². The van der Waals surface area contributed by atoms with E-state index in [1.54, 1.807) is 0 Å². The van der Waals surface area contributed by atoms with Crippen LogP contribution in [-0.2, 0) is 0 Å². The van der Waals surface area contributed by atoms with E-state index in [9.17, 15) is 0 Å². The molecular weight excluding hydrogens is 258 g/mol. The molecule has 1 saturated carbocycles. The monoisotopic (exact) mass is 289 g/mol. The molecule has 118 valence electrons. The van der Waals surface area contributed by atoms with Crippen molar-refractivity contribution >= 4 is 0 Å². The minimum Gasteiger partial charge on any atom is -0.491 e. The van der Waals surface area contributed by atoms with Gasteiger partial charge in [-0.05, 0) is 51.1 Å². The van der Waals surface area contributed by atoms with Gasteiger partial charge in [-0.25, -0.2) is 0 Å². The molecule has 1 aliphatic rings. The van der Waals surface area contributed by atoms with Gasteiger partial charge >= 0.3 is 0 Å². The van der Waals surface area contributed by atoms with E-state index in [1.165, 1.54) is 37.7 Å². The predicted molar refractivity (Wildman–Crippen MR) is 89.8 cm³/mol. The van der Waals surface area contributed by atoms with Crippen LogP contribution >= 0.6 is 0 Å². The highest BCUT2D eigenvalue weighted by Gasteiger charge is 2.41. The molecule has 0 saturated heterocycles. The zero-order chi connectivity index (χ0) is 15.3. The zero-order valence-corrected chi connectivity index (χ0v) is 14.1. The Morgan fingerprint density at radius 1 is 1.14 bits per heavy atom. The first-order valence-electron chi connectivity index (χ1n) is 8.62. The van der Waals surface area contributed by atoms with Crippen LogP contribution in [0.25, 0.3) is 0 Å². The second-order valence-electron chi connectivity index (χ2n) is 6.62. The minimum absolute atomic E-state index is 0.217. The lowest BCUT2D eigenvalue weighted by Crippen LogP contribution is -2.36. The lowest BCUT2D eigenvalue weighted by Gasteiger charge is -2.38. The number of rotatable bonds is 7. The van der Waals surface area contributed by atoms with Gasteiger partial charge < -0.3 is 10.1 Å². The summed E-state index contributed by atoms with van der Waals surface area (Å²) in [6.07, 6.45) is 6.84. The lowest BCUT2D eigenvalue weighted by atomic mass is 9.73. The quantitative estimate of drug-likeness (QED) is 0.754. The van der Waals surface area contributed by atoms with Crippen LogP contribution in [0.3, 0.4) is 0 Å². The maximum Gasteiger partial charge on any atom is 0.124 e. The molecule has 1 atom stereocenters. The summed E-state index contributed by atoms with van der Waals surface area (Å²) in [5, 5.41) is 3.77. The summed E-state index contributed by atoms with van der Waals surface area (Å²) in [6, 6.07) is 9.01. The first-order valence-corrected chi connectivity index (χ1v) is 8.62. The maximum absolute atomic E-state index is 6.08. The van der Waals surface area contributed by atoms with Gasteiger partial charge in [0.25, 0.3) is 0 Å². The maximum atomic E-state index is 6.08. The molecule has 0 aromatic heterocycles. The van der Waals surface area contributed by atoms with Gasteiger partial charge in [0.1, 0.15) is 5.75 Å². The average molecular weight is 289 g/mol. The third-order valence-corrected chi connectivity index (χ3v) is 4.92. The number of hydrogen-bond acceptors (Lipinski definition) is 2. The predicted octanol–water partition coefficient (Wildman–Crippen LogP) is 5.09. The van der Waals surface area contributed by atoms with Gasteiger partial charge in [0.05, 0.1) is 6.10 Å². The Bertz CT molecular complexity index is 435. The molecule has 1 unspecified atom stereocenters. The fourth-order valence-electron chi connectivity index (χ4n) is 3.87. The number of ether oxygens (including phenoxy) is 1. The van der Waals surface area contributed by atoms with Crippen LogP contribution in [0, 0.1) is 5.41 Å². The number of nitrogens with one attached hydrogen (secondary N) is 1. The Labute approximate surface area is 130 Å². The summed E-state index contributed by atoms with van der Waals surface area (Å²) in [5.41, 5.74) is 1.74. The molecule has 1 aliphatic carbocycles. The fourth-order valence-corrected chi connectivity index (χ4v) is 3.87. The highest BCUT2D eigenvalue weighted by atomic mass is 16.5. The number of hydrogen-bond donors (Lipinski definition) is 1. The molecule has 2 heteroatoms. The van der Waals surface area contributed by atoms with E-state index in [0.717, 1.165) is 12.3 Å². The normalized spacial score (nSPS) is 18.9. The Morgan fingerprint density at radius 3 is 2.38 bits per heavy atom. The van der Waals surface area contributed by atoms with Crippen molar-refractivity contribution in [3.05, 3.63) is 29.8 Å². The molecule has 2 nitrogen and oxygen atoms in total. The highest BCUT2D eigenvalue weighted by molar-refractivity contribution is 5.37. The third-order valence-electron chi connectivity index (χ3n) is 4.92. The van der Waals surface area contributed by atoms with E-state index in [0.29, 0.717) is 11.5 Å². The van der Waals surface area contributed by atoms with Gasteiger partial charge in [-0.1, -0.05) is 44.9 Å². The van der Waals surface area contributed by atoms with Crippen molar-refractivity contribution in [2.75, 3.05) is 6.54 Å². The van der Waals surface area contributed by atoms with Gasteiger partial charge in [0.15, 0.2) is 0 Å². The number of para-hydroxylation sites is 1.